The van der Waals surface area contributed by atoms with Gasteiger partial charge in [-0.15, -0.1) is 0 Å². The maximum absolute atomic E-state index is 11.8. The lowest BCUT2D eigenvalue weighted by atomic mass is 10.4. The van der Waals surface area contributed by atoms with Gasteiger partial charge in [0.2, 0.25) is 10.0 Å². The van der Waals surface area contributed by atoms with Gasteiger partial charge in [-0.1, -0.05) is 0 Å². The third kappa shape index (κ3) is 4.58. The first kappa shape index (κ1) is 16.3. The number of aliphatic hydroxyl groups excluding tert-OH is 1. The number of hydrogen-bond donors (Lipinski definition) is 1. The van der Waals surface area contributed by atoms with Crippen LogP contribution in [0.4, 0.5) is 0 Å². The number of carbonyl (C=O) groups excluding carboxylic acids is 1. The molecule has 2 unspecified atom stereocenters. The molecule has 0 saturated carbocycles. The number of aliphatic hydroxyl groups is 1. The summed E-state index contributed by atoms with van der Waals surface area (Å²) in [5.74, 6) is -0.835. The summed E-state index contributed by atoms with van der Waals surface area (Å²) in [5, 5.41) is 8.11. The number of sulfonamides is 1. The first-order valence-electron chi connectivity index (χ1n) is 4.97. The molecule has 0 amide bonds. The molecule has 0 spiro atoms. The molecule has 7 nitrogen and oxygen atoms in total. The Bertz CT molecular complexity index is 341. The molecule has 0 aliphatic carbocycles. The Balaban J connectivity index is 4.65. The third-order valence-electron chi connectivity index (χ3n) is 2.24. The molecule has 2 atom stereocenters. The van der Waals surface area contributed by atoms with E-state index in [0.29, 0.717) is 0 Å². The normalized spacial score (nSPS) is 15.6. The number of methoxy groups -OCH3 is 2. The van der Waals surface area contributed by atoms with Crippen LogP contribution in [-0.2, 0) is 24.3 Å². The van der Waals surface area contributed by atoms with Crippen molar-refractivity contribution < 1.29 is 27.8 Å². The Hall–Kier alpha value is -0.700. The Morgan fingerprint density at radius 1 is 1.41 bits per heavy atom. The van der Waals surface area contributed by atoms with Gasteiger partial charge in [0.15, 0.2) is 5.25 Å². The van der Waals surface area contributed by atoms with E-state index in [1.54, 1.807) is 0 Å². The van der Waals surface area contributed by atoms with Crippen molar-refractivity contribution in [2.75, 3.05) is 34.4 Å². The van der Waals surface area contributed by atoms with Crippen molar-refractivity contribution in [1.82, 2.24) is 4.31 Å². The van der Waals surface area contributed by atoms with Gasteiger partial charge in [0.1, 0.15) is 0 Å². The number of hydrogen-bond acceptors (Lipinski definition) is 6. The molecule has 0 aromatic rings. The molecule has 0 bridgehead atoms. The van der Waals surface area contributed by atoms with Gasteiger partial charge < -0.3 is 14.6 Å². The van der Waals surface area contributed by atoms with Gasteiger partial charge in [-0.25, -0.2) is 12.7 Å². The predicted molar refractivity (Wildman–Crippen MR) is 60.9 cm³/mol. The quantitative estimate of drug-likeness (QED) is 0.585. The van der Waals surface area contributed by atoms with Crippen molar-refractivity contribution in [3.8, 4) is 0 Å². The van der Waals surface area contributed by atoms with Crippen LogP contribution < -0.4 is 0 Å². The lowest BCUT2D eigenvalue weighted by Crippen LogP contribution is -2.43. The highest BCUT2D eigenvalue weighted by Crippen LogP contribution is 2.09. The zero-order chi connectivity index (χ0) is 13.6. The summed E-state index contributed by atoms with van der Waals surface area (Å²) in [5.41, 5.74) is 0. The second-order valence-electron chi connectivity index (χ2n) is 3.60. The smallest absolute Gasteiger partial charge is 0.325 e. The van der Waals surface area contributed by atoms with Crippen LogP contribution in [0.2, 0.25) is 0 Å². The molecule has 8 heteroatoms. The maximum Gasteiger partial charge on any atom is 0.325 e. The van der Waals surface area contributed by atoms with E-state index < -0.39 is 27.3 Å². The minimum Gasteiger partial charge on any atom is -0.468 e. The molecule has 102 valence electrons. The average molecular weight is 269 g/mol. The molecular weight excluding hydrogens is 250 g/mol. The van der Waals surface area contributed by atoms with Gasteiger partial charge in [0, 0.05) is 20.7 Å². The molecular formula is C9H19NO6S. The van der Waals surface area contributed by atoms with Crippen LogP contribution in [0, 0.1) is 0 Å². The van der Waals surface area contributed by atoms with Crippen LogP contribution in [0.5, 0.6) is 0 Å². The van der Waals surface area contributed by atoms with Crippen LogP contribution in [-0.4, -0.2) is 69.6 Å². The van der Waals surface area contributed by atoms with E-state index in [2.05, 4.69) is 9.47 Å². The first-order chi connectivity index (χ1) is 7.77. The van der Waals surface area contributed by atoms with Gasteiger partial charge in [-0.05, 0) is 6.92 Å². The Morgan fingerprint density at radius 3 is 2.35 bits per heavy atom. The molecule has 0 fully saturated rings. The standard InChI is InChI=1S/C9H19NO6S/c1-7(9(12)16-4)17(13,14)10(2)5-8(11)6-15-3/h7-8,11H,5-6H2,1-4H3. The fourth-order valence-electron chi connectivity index (χ4n) is 1.20. The number of nitrogens with zero attached hydrogens (tertiary/aromatic N) is 1. The summed E-state index contributed by atoms with van der Waals surface area (Å²) in [6, 6.07) is 0. The maximum atomic E-state index is 11.8. The van der Waals surface area contributed by atoms with Crippen molar-refractivity contribution in [3.05, 3.63) is 0 Å². The minimum absolute atomic E-state index is 0.0203. The van der Waals surface area contributed by atoms with Crippen molar-refractivity contribution in [2.45, 2.75) is 18.3 Å². The van der Waals surface area contributed by atoms with Crippen LogP contribution >= 0.6 is 0 Å². The van der Waals surface area contributed by atoms with E-state index in [0.717, 1.165) is 11.4 Å². The Morgan fingerprint density at radius 2 is 1.94 bits per heavy atom. The predicted octanol–water partition coefficient (Wildman–Crippen LogP) is -1.18. The molecule has 0 rings (SSSR count). The van der Waals surface area contributed by atoms with Gasteiger partial charge in [-0.3, -0.25) is 4.79 Å². The van der Waals surface area contributed by atoms with Crippen LogP contribution in [0.25, 0.3) is 0 Å². The molecule has 0 aliphatic rings. The van der Waals surface area contributed by atoms with Crippen LogP contribution in [0.3, 0.4) is 0 Å². The average Bonchev–Trinajstić information content (AvgIpc) is 2.26. The van der Waals surface area contributed by atoms with E-state index in [-0.39, 0.29) is 13.2 Å². The zero-order valence-corrected chi connectivity index (χ0v) is 11.2. The first-order valence-corrected chi connectivity index (χ1v) is 6.47. The lowest BCUT2D eigenvalue weighted by Gasteiger charge is -2.22. The SMILES string of the molecule is COCC(O)CN(C)S(=O)(=O)C(C)C(=O)OC. The van der Waals surface area contributed by atoms with E-state index >= 15 is 0 Å². The molecule has 0 saturated heterocycles. The summed E-state index contributed by atoms with van der Waals surface area (Å²) in [6.45, 7) is 1.12. The van der Waals surface area contributed by atoms with E-state index in [1.165, 1.54) is 21.1 Å². The largest absolute Gasteiger partial charge is 0.468 e. The van der Waals surface area contributed by atoms with Crippen LogP contribution in [0.1, 0.15) is 6.92 Å². The molecule has 0 aliphatic heterocycles. The molecule has 1 N–H and O–H groups in total. The number of likely N-dealkylation sites (N-methyl/N-ethyl adjacent to an activating group) is 1. The highest BCUT2D eigenvalue weighted by molar-refractivity contribution is 7.90. The summed E-state index contributed by atoms with van der Waals surface area (Å²) in [4.78, 5) is 11.2. The second kappa shape index (κ2) is 6.90. The number of ether oxygens (including phenoxy) is 2. The fraction of sp³-hybridized carbons (Fsp3) is 0.889. The highest BCUT2D eigenvalue weighted by Gasteiger charge is 2.33. The molecule has 0 aromatic carbocycles. The molecule has 0 radical (unpaired) electrons. The monoisotopic (exact) mass is 269 g/mol. The number of carbonyl (C=O) groups is 1. The number of rotatable bonds is 7. The summed E-state index contributed by atoms with van der Waals surface area (Å²) in [7, 11) is -0.0183. The molecule has 0 aromatic heterocycles. The van der Waals surface area contributed by atoms with Gasteiger partial charge in [0.25, 0.3) is 0 Å². The Kier molecular flexibility index (Phi) is 6.61. The van der Waals surface area contributed by atoms with E-state index in [1.807, 2.05) is 0 Å². The van der Waals surface area contributed by atoms with Gasteiger partial charge in [-0.2, -0.15) is 0 Å². The van der Waals surface area contributed by atoms with Crippen LogP contribution in [0.15, 0.2) is 0 Å². The van der Waals surface area contributed by atoms with E-state index in [9.17, 15) is 18.3 Å². The van der Waals surface area contributed by atoms with Crippen molar-refractivity contribution in [1.29, 1.82) is 0 Å². The topological polar surface area (TPSA) is 93.1 Å². The summed E-state index contributed by atoms with van der Waals surface area (Å²) >= 11 is 0. The highest BCUT2D eigenvalue weighted by atomic mass is 32.2. The van der Waals surface area contributed by atoms with E-state index in [4.69, 9.17) is 0 Å². The van der Waals surface area contributed by atoms with Crippen molar-refractivity contribution in [3.63, 3.8) is 0 Å². The Labute approximate surface area is 101 Å². The summed E-state index contributed by atoms with van der Waals surface area (Å²) < 4.78 is 33.7. The lowest BCUT2D eigenvalue weighted by molar-refractivity contribution is -0.139. The molecule has 17 heavy (non-hydrogen) atoms. The fourth-order valence-corrected chi connectivity index (χ4v) is 2.46. The molecule has 0 heterocycles. The third-order valence-corrected chi connectivity index (χ3v) is 4.35. The van der Waals surface area contributed by atoms with Crippen molar-refractivity contribution in [2.24, 2.45) is 0 Å². The zero-order valence-electron chi connectivity index (χ0n) is 10.4. The minimum atomic E-state index is -3.82. The van der Waals surface area contributed by atoms with Gasteiger partial charge in [0.05, 0.1) is 19.8 Å². The van der Waals surface area contributed by atoms with Gasteiger partial charge >= 0.3 is 5.97 Å². The number of esters is 1. The summed E-state index contributed by atoms with van der Waals surface area (Å²) in [6.07, 6.45) is -0.940. The second-order valence-corrected chi connectivity index (χ2v) is 5.96. The van der Waals surface area contributed by atoms with Crippen molar-refractivity contribution >= 4 is 16.0 Å².